The van der Waals surface area contributed by atoms with E-state index in [9.17, 15) is 18.3 Å². The standard InChI is InChI=1S/C10H15F3N2O3S/c1-14-9-15-6-5(11)7(16)4(18-8(6)19-9)2-3-10(12,13)17/h4-8,16-17H,2-3H2,1H3,(H,14,15)/t4-,5+,6-,7-,8-/m1/s1. The van der Waals surface area contributed by atoms with Crippen molar-refractivity contribution in [3.05, 3.63) is 0 Å². The first kappa shape index (κ1) is 14.9. The first-order valence-electron chi connectivity index (χ1n) is 5.82. The molecule has 110 valence electrons. The average molecular weight is 300 g/mol. The highest BCUT2D eigenvalue weighted by Crippen LogP contribution is 2.38. The molecule has 0 saturated carbocycles. The quantitative estimate of drug-likeness (QED) is 0.706. The van der Waals surface area contributed by atoms with E-state index < -0.39 is 42.4 Å². The van der Waals surface area contributed by atoms with Gasteiger partial charge in [-0.25, -0.2) is 4.39 Å². The lowest BCUT2D eigenvalue weighted by atomic mass is 9.96. The molecule has 5 atom stereocenters. The molecule has 0 aliphatic carbocycles. The summed E-state index contributed by atoms with van der Waals surface area (Å²) in [4.78, 5) is 4.01. The van der Waals surface area contributed by atoms with Crippen LogP contribution in [0.5, 0.6) is 0 Å². The van der Waals surface area contributed by atoms with Gasteiger partial charge in [0.2, 0.25) is 0 Å². The lowest BCUT2D eigenvalue weighted by Crippen LogP contribution is -2.52. The van der Waals surface area contributed by atoms with Crippen molar-refractivity contribution >= 4 is 16.9 Å². The molecule has 2 aliphatic rings. The van der Waals surface area contributed by atoms with Gasteiger partial charge in [0.25, 0.3) is 0 Å². The number of aliphatic imine (C=N–C) groups is 1. The Hall–Kier alpha value is -0.510. The van der Waals surface area contributed by atoms with Crippen molar-refractivity contribution in [3.8, 4) is 0 Å². The molecule has 0 aromatic heterocycles. The second-order valence-corrected chi connectivity index (χ2v) is 5.56. The molecule has 0 aromatic rings. The number of nitrogens with one attached hydrogen (secondary N) is 1. The molecular weight excluding hydrogens is 285 g/mol. The zero-order valence-corrected chi connectivity index (χ0v) is 10.9. The number of fused-ring (bicyclic) bond motifs is 1. The Morgan fingerprint density at radius 1 is 1.53 bits per heavy atom. The molecule has 5 nitrogen and oxygen atoms in total. The van der Waals surface area contributed by atoms with E-state index in [4.69, 9.17) is 9.84 Å². The third-order valence-electron chi connectivity index (χ3n) is 3.06. The smallest absolute Gasteiger partial charge is 0.353 e. The minimum atomic E-state index is -3.85. The van der Waals surface area contributed by atoms with Crippen molar-refractivity contribution in [3.63, 3.8) is 0 Å². The molecule has 0 radical (unpaired) electrons. The fourth-order valence-corrected chi connectivity index (χ4v) is 3.14. The second kappa shape index (κ2) is 5.47. The van der Waals surface area contributed by atoms with Crippen LogP contribution in [-0.4, -0.2) is 58.4 Å². The number of hydrogen-bond donors (Lipinski definition) is 3. The molecule has 0 aromatic carbocycles. The van der Waals surface area contributed by atoms with Gasteiger partial charge in [0, 0.05) is 13.5 Å². The molecule has 1 fully saturated rings. The van der Waals surface area contributed by atoms with Crippen LogP contribution in [0, 0.1) is 0 Å². The Bertz CT molecular complexity index is 366. The van der Waals surface area contributed by atoms with Crippen LogP contribution in [0.3, 0.4) is 0 Å². The second-order valence-electron chi connectivity index (χ2n) is 4.48. The van der Waals surface area contributed by atoms with E-state index in [1.54, 1.807) is 7.05 Å². The Morgan fingerprint density at radius 3 is 2.79 bits per heavy atom. The van der Waals surface area contributed by atoms with Gasteiger partial charge in [0.1, 0.15) is 17.6 Å². The topological polar surface area (TPSA) is 74.1 Å². The minimum Gasteiger partial charge on any atom is -0.387 e. The summed E-state index contributed by atoms with van der Waals surface area (Å²) in [6.45, 7) is 0. The summed E-state index contributed by atoms with van der Waals surface area (Å²) in [6.07, 6.45) is -9.33. The Kier molecular flexibility index (Phi) is 4.29. The summed E-state index contributed by atoms with van der Waals surface area (Å²) in [6, 6.07) is -0.840. The summed E-state index contributed by atoms with van der Waals surface area (Å²) in [5, 5.41) is 21.3. The molecule has 0 amide bonds. The molecule has 1 saturated heterocycles. The summed E-state index contributed by atoms with van der Waals surface area (Å²) >= 11 is 1.15. The van der Waals surface area contributed by atoms with Crippen LogP contribution < -0.4 is 5.32 Å². The van der Waals surface area contributed by atoms with Crippen molar-refractivity contribution in [2.24, 2.45) is 4.99 Å². The van der Waals surface area contributed by atoms with Gasteiger partial charge in [0.05, 0.1) is 6.10 Å². The predicted octanol–water partition coefficient (Wildman–Crippen LogP) is 0.466. The Labute approximate surface area is 112 Å². The summed E-state index contributed by atoms with van der Waals surface area (Å²) in [5.41, 5.74) is -0.641. The van der Waals surface area contributed by atoms with Crippen LogP contribution >= 0.6 is 11.8 Å². The number of rotatable bonds is 3. The van der Waals surface area contributed by atoms with Crippen LogP contribution in [-0.2, 0) is 4.74 Å². The van der Waals surface area contributed by atoms with E-state index in [2.05, 4.69) is 10.3 Å². The van der Waals surface area contributed by atoms with Gasteiger partial charge >= 0.3 is 6.11 Å². The van der Waals surface area contributed by atoms with Crippen molar-refractivity contribution in [1.82, 2.24) is 5.32 Å². The van der Waals surface area contributed by atoms with Crippen LogP contribution in [0.25, 0.3) is 0 Å². The molecule has 9 heteroatoms. The largest absolute Gasteiger partial charge is 0.387 e. The summed E-state index contributed by atoms with van der Waals surface area (Å²) in [5.74, 6) is 0. The predicted molar refractivity (Wildman–Crippen MR) is 63.8 cm³/mol. The van der Waals surface area contributed by atoms with E-state index in [-0.39, 0.29) is 6.42 Å². The first-order valence-corrected chi connectivity index (χ1v) is 6.70. The molecule has 0 spiro atoms. The molecule has 2 heterocycles. The number of thioether (sulfide) groups is 1. The molecule has 19 heavy (non-hydrogen) atoms. The monoisotopic (exact) mass is 300 g/mol. The van der Waals surface area contributed by atoms with Gasteiger partial charge < -0.3 is 20.3 Å². The third-order valence-corrected chi connectivity index (χ3v) is 4.21. The van der Waals surface area contributed by atoms with Gasteiger partial charge in [-0.05, 0) is 6.42 Å². The molecule has 0 bridgehead atoms. The number of alkyl halides is 3. The number of nitrogens with zero attached hydrogens (tertiary/aromatic N) is 1. The van der Waals surface area contributed by atoms with E-state index in [0.29, 0.717) is 5.17 Å². The van der Waals surface area contributed by atoms with Crippen molar-refractivity contribution in [2.45, 2.75) is 48.8 Å². The maximum atomic E-state index is 14.0. The SMILES string of the molecule is CNC1=N[C@@H]2[C@H](F)[C@H](O)[C@@H](CCC(O)(F)F)O[C@@H]2S1. The van der Waals surface area contributed by atoms with Crippen LogP contribution in [0.1, 0.15) is 12.8 Å². The maximum absolute atomic E-state index is 14.0. The van der Waals surface area contributed by atoms with E-state index in [0.717, 1.165) is 11.8 Å². The zero-order valence-electron chi connectivity index (χ0n) is 10.1. The number of ether oxygens (including phenoxy) is 1. The lowest BCUT2D eigenvalue weighted by molar-refractivity contribution is -0.214. The summed E-state index contributed by atoms with van der Waals surface area (Å²) in [7, 11) is 1.62. The normalized spacial score (nSPS) is 38.8. The minimum absolute atomic E-state index is 0.330. The van der Waals surface area contributed by atoms with Gasteiger partial charge in [-0.15, -0.1) is 0 Å². The van der Waals surface area contributed by atoms with Crippen LogP contribution in [0.4, 0.5) is 13.2 Å². The highest BCUT2D eigenvalue weighted by atomic mass is 32.2. The number of halogens is 3. The number of hydrogen-bond acceptors (Lipinski definition) is 6. The fraction of sp³-hybridized carbons (Fsp3) is 0.900. The highest BCUT2D eigenvalue weighted by Gasteiger charge is 2.49. The van der Waals surface area contributed by atoms with Crippen molar-refractivity contribution in [1.29, 1.82) is 0 Å². The number of aliphatic hydroxyl groups is 2. The highest BCUT2D eigenvalue weighted by molar-refractivity contribution is 8.14. The van der Waals surface area contributed by atoms with Gasteiger partial charge in [-0.1, -0.05) is 11.8 Å². The van der Waals surface area contributed by atoms with E-state index >= 15 is 0 Å². The average Bonchev–Trinajstić information content (AvgIpc) is 2.74. The summed E-state index contributed by atoms with van der Waals surface area (Å²) < 4.78 is 44.1. The first-order chi connectivity index (χ1) is 8.81. The van der Waals surface area contributed by atoms with E-state index in [1.165, 1.54) is 0 Å². The maximum Gasteiger partial charge on any atom is 0.353 e. The van der Waals surface area contributed by atoms with Crippen molar-refractivity contribution < 1.29 is 28.1 Å². The third kappa shape index (κ3) is 3.33. The molecular formula is C10H15F3N2O3S. The molecule has 2 rings (SSSR count). The van der Waals surface area contributed by atoms with Gasteiger partial charge in [-0.2, -0.15) is 8.78 Å². The molecule has 3 N–H and O–H groups in total. The molecule has 2 aliphatic heterocycles. The van der Waals surface area contributed by atoms with E-state index in [1.807, 2.05) is 0 Å². The molecule has 0 unspecified atom stereocenters. The zero-order chi connectivity index (χ0) is 14.2. The fourth-order valence-electron chi connectivity index (χ4n) is 2.07. The van der Waals surface area contributed by atoms with Crippen LogP contribution in [0.15, 0.2) is 4.99 Å². The Morgan fingerprint density at radius 2 is 2.21 bits per heavy atom. The van der Waals surface area contributed by atoms with Gasteiger partial charge in [-0.3, -0.25) is 4.99 Å². The Balaban J connectivity index is 1.99. The number of amidine groups is 1. The van der Waals surface area contributed by atoms with Crippen molar-refractivity contribution in [2.75, 3.05) is 7.05 Å². The van der Waals surface area contributed by atoms with Crippen LogP contribution in [0.2, 0.25) is 0 Å². The van der Waals surface area contributed by atoms with Gasteiger partial charge in [0.15, 0.2) is 11.3 Å². The number of aliphatic hydroxyl groups excluding tert-OH is 1. The lowest BCUT2D eigenvalue weighted by Gasteiger charge is -2.37.